The van der Waals surface area contributed by atoms with Crippen molar-refractivity contribution in [2.45, 2.75) is 51.2 Å². The van der Waals surface area contributed by atoms with Gasteiger partial charge in [-0.2, -0.15) is 0 Å². The molecule has 3 atom stereocenters. The summed E-state index contributed by atoms with van der Waals surface area (Å²) in [6, 6.07) is 15.8. The first-order valence-corrected chi connectivity index (χ1v) is 15.2. The number of carbonyl (C=O) groups is 4. The standard InChI is InChI=1S/C34H39FN4O7/c1-21(2)29-20-46-30-6-4-3-5-26(30)32(42)38-27(33(43)36-17-18-45-25-13-9-23(35)10-14-25)15-16-31(41)37-28(34(44)39-29)19-22-7-11-24(40)12-8-22/h3-14,21,27-29,40H,15-20H2,1-2H3,(H,36,43)(H,37,41)(H,38,42)(H,39,44)/t27-,28-,29-/m0/s1. The first kappa shape index (κ1) is 33.8. The third-order valence-corrected chi connectivity index (χ3v) is 7.48. The molecule has 11 nitrogen and oxygen atoms in total. The van der Waals surface area contributed by atoms with Gasteiger partial charge in [-0.15, -0.1) is 0 Å². The van der Waals surface area contributed by atoms with Crippen LogP contribution in [0.4, 0.5) is 4.39 Å². The molecule has 4 rings (SSSR count). The van der Waals surface area contributed by atoms with Crippen LogP contribution in [0.15, 0.2) is 72.8 Å². The second-order valence-electron chi connectivity index (χ2n) is 11.3. The first-order valence-electron chi connectivity index (χ1n) is 15.2. The van der Waals surface area contributed by atoms with E-state index in [0.717, 1.165) is 5.56 Å². The maximum absolute atomic E-state index is 13.5. The molecule has 0 fully saturated rings. The Balaban J connectivity index is 1.53. The minimum atomic E-state index is -1.10. The number of hydrogen-bond donors (Lipinski definition) is 5. The Labute approximate surface area is 266 Å². The molecule has 0 aromatic heterocycles. The lowest BCUT2D eigenvalue weighted by atomic mass is 10.0. The average molecular weight is 635 g/mol. The van der Waals surface area contributed by atoms with E-state index in [1.54, 1.807) is 36.4 Å². The smallest absolute Gasteiger partial charge is 0.255 e. The zero-order chi connectivity index (χ0) is 33.1. The van der Waals surface area contributed by atoms with Gasteiger partial charge in [0, 0.05) is 12.8 Å². The van der Waals surface area contributed by atoms with Crippen LogP contribution >= 0.6 is 0 Å². The fraction of sp³-hybridized carbons (Fsp3) is 0.353. The maximum Gasteiger partial charge on any atom is 0.255 e. The molecule has 0 saturated heterocycles. The third-order valence-electron chi connectivity index (χ3n) is 7.48. The van der Waals surface area contributed by atoms with E-state index in [9.17, 15) is 28.7 Å². The van der Waals surface area contributed by atoms with Crippen molar-refractivity contribution in [3.05, 3.63) is 89.7 Å². The van der Waals surface area contributed by atoms with E-state index in [2.05, 4.69) is 21.3 Å². The van der Waals surface area contributed by atoms with Gasteiger partial charge in [-0.1, -0.05) is 38.1 Å². The van der Waals surface area contributed by atoms with E-state index in [0.29, 0.717) is 5.75 Å². The molecule has 0 spiro atoms. The van der Waals surface area contributed by atoms with Crippen LogP contribution in [0.25, 0.3) is 0 Å². The van der Waals surface area contributed by atoms with E-state index < -0.39 is 47.6 Å². The average Bonchev–Trinajstić information content (AvgIpc) is 3.04. The summed E-state index contributed by atoms with van der Waals surface area (Å²) in [6.45, 7) is 4.05. The van der Waals surface area contributed by atoms with Crippen molar-refractivity contribution in [2.75, 3.05) is 19.8 Å². The van der Waals surface area contributed by atoms with E-state index in [1.807, 2.05) is 13.8 Å². The van der Waals surface area contributed by atoms with Crippen molar-refractivity contribution in [2.24, 2.45) is 5.92 Å². The highest BCUT2D eigenvalue weighted by Gasteiger charge is 2.29. The van der Waals surface area contributed by atoms with E-state index in [4.69, 9.17) is 9.47 Å². The number of halogens is 1. The molecule has 1 aliphatic heterocycles. The molecular formula is C34H39FN4O7. The van der Waals surface area contributed by atoms with Gasteiger partial charge in [-0.25, -0.2) is 4.39 Å². The number of phenolic OH excluding ortho intramolecular Hbond substituents is 1. The van der Waals surface area contributed by atoms with Gasteiger partial charge in [0.25, 0.3) is 5.91 Å². The van der Waals surface area contributed by atoms with Gasteiger partial charge in [0.15, 0.2) is 0 Å². The summed E-state index contributed by atoms with van der Waals surface area (Å²) in [5, 5.41) is 20.9. The Morgan fingerprint density at radius 3 is 2.43 bits per heavy atom. The second-order valence-corrected chi connectivity index (χ2v) is 11.3. The maximum atomic E-state index is 13.5. The van der Waals surface area contributed by atoms with Crippen LogP contribution in [0.1, 0.15) is 42.6 Å². The molecule has 0 saturated carbocycles. The summed E-state index contributed by atoms with van der Waals surface area (Å²) in [4.78, 5) is 53.4. The van der Waals surface area contributed by atoms with Crippen LogP contribution in [-0.4, -0.2) is 66.6 Å². The number of amides is 4. The summed E-state index contributed by atoms with van der Waals surface area (Å²) in [5.41, 5.74) is 0.910. The molecule has 3 aromatic rings. The number of nitrogens with one attached hydrogen (secondary N) is 4. The Morgan fingerprint density at radius 2 is 1.72 bits per heavy atom. The normalized spacial score (nSPS) is 19.3. The summed E-state index contributed by atoms with van der Waals surface area (Å²) in [7, 11) is 0. The Bertz CT molecular complexity index is 1500. The molecule has 46 heavy (non-hydrogen) atoms. The van der Waals surface area contributed by atoms with Gasteiger partial charge in [-0.3, -0.25) is 19.2 Å². The molecule has 3 aromatic carbocycles. The SMILES string of the molecule is CC(C)[C@@H]1COc2ccccc2C(=O)N[C@H](C(=O)NCCOc2ccc(F)cc2)CCC(=O)N[C@@H](Cc2ccc(O)cc2)C(=O)N1. The van der Waals surface area contributed by atoms with Crippen LogP contribution in [0.5, 0.6) is 17.2 Å². The van der Waals surface area contributed by atoms with Crippen molar-refractivity contribution < 1.29 is 38.1 Å². The zero-order valence-corrected chi connectivity index (χ0v) is 25.8. The van der Waals surface area contributed by atoms with Crippen molar-refractivity contribution >= 4 is 23.6 Å². The minimum Gasteiger partial charge on any atom is -0.508 e. The number of fused-ring (bicyclic) bond motifs is 1. The molecule has 1 aliphatic rings. The predicted octanol–water partition coefficient (Wildman–Crippen LogP) is 2.87. The molecule has 4 amide bonds. The number of benzene rings is 3. The van der Waals surface area contributed by atoms with Gasteiger partial charge in [-0.05, 0) is 66.4 Å². The molecule has 1 heterocycles. The van der Waals surface area contributed by atoms with Crippen molar-refractivity contribution in [1.82, 2.24) is 21.3 Å². The van der Waals surface area contributed by atoms with E-state index in [-0.39, 0.29) is 62.0 Å². The molecule has 244 valence electrons. The molecular weight excluding hydrogens is 595 g/mol. The Morgan fingerprint density at radius 1 is 1.00 bits per heavy atom. The summed E-state index contributed by atoms with van der Waals surface area (Å²) >= 11 is 0. The van der Waals surface area contributed by atoms with Crippen LogP contribution in [0.2, 0.25) is 0 Å². The summed E-state index contributed by atoms with van der Waals surface area (Å²) in [6.07, 6.45) is -0.0793. The van der Waals surface area contributed by atoms with Gasteiger partial charge in [0.05, 0.1) is 18.2 Å². The number of carbonyl (C=O) groups excluding carboxylic acids is 4. The lowest BCUT2D eigenvalue weighted by molar-refractivity contribution is -0.130. The number of rotatable bonds is 8. The highest BCUT2D eigenvalue weighted by molar-refractivity contribution is 5.99. The molecule has 0 unspecified atom stereocenters. The van der Waals surface area contributed by atoms with Gasteiger partial charge >= 0.3 is 0 Å². The van der Waals surface area contributed by atoms with Gasteiger partial charge < -0.3 is 35.8 Å². The number of hydrogen-bond acceptors (Lipinski definition) is 7. The Hall–Kier alpha value is -5.13. The summed E-state index contributed by atoms with van der Waals surface area (Å²) in [5.74, 6) is -1.68. The summed E-state index contributed by atoms with van der Waals surface area (Å²) < 4.78 is 24.7. The first-order chi connectivity index (χ1) is 22.1. The molecule has 0 radical (unpaired) electrons. The van der Waals surface area contributed by atoms with Crippen LogP contribution in [0, 0.1) is 11.7 Å². The second kappa shape index (κ2) is 16.3. The fourth-order valence-electron chi connectivity index (χ4n) is 4.76. The topological polar surface area (TPSA) is 155 Å². The van der Waals surface area contributed by atoms with Crippen molar-refractivity contribution in [1.29, 1.82) is 0 Å². The van der Waals surface area contributed by atoms with Gasteiger partial charge in [0.1, 0.15) is 48.4 Å². The van der Waals surface area contributed by atoms with Crippen molar-refractivity contribution in [3.8, 4) is 17.2 Å². The number of para-hydroxylation sites is 1. The Kier molecular flexibility index (Phi) is 11.9. The van der Waals surface area contributed by atoms with Crippen LogP contribution < -0.4 is 30.7 Å². The number of aromatic hydroxyl groups is 1. The number of ether oxygens (including phenoxy) is 2. The molecule has 0 aliphatic carbocycles. The lowest BCUT2D eigenvalue weighted by Crippen LogP contribution is -2.53. The molecule has 5 N–H and O–H groups in total. The van der Waals surface area contributed by atoms with E-state index in [1.165, 1.54) is 36.4 Å². The van der Waals surface area contributed by atoms with Gasteiger partial charge in [0.2, 0.25) is 17.7 Å². The minimum absolute atomic E-state index is 0.0472. The zero-order valence-electron chi connectivity index (χ0n) is 25.8. The largest absolute Gasteiger partial charge is 0.508 e. The predicted molar refractivity (Wildman–Crippen MR) is 168 cm³/mol. The molecule has 12 heteroatoms. The van der Waals surface area contributed by atoms with Crippen LogP contribution in [-0.2, 0) is 20.8 Å². The van der Waals surface area contributed by atoms with Crippen LogP contribution in [0.3, 0.4) is 0 Å². The molecule has 0 bridgehead atoms. The number of phenols is 1. The van der Waals surface area contributed by atoms with E-state index >= 15 is 0 Å². The highest BCUT2D eigenvalue weighted by atomic mass is 19.1. The highest BCUT2D eigenvalue weighted by Crippen LogP contribution is 2.20. The fourth-order valence-corrected chi connectivity index (χ4v) is 4.76. The monoisotopic (exact) mass is 634 g/mol. The third kappa shape index (κ3) is 9.94. The lowest BCUT2D eigenvalue weighted by Gasteiger charge is -2.26. The quantitative estimate of drug-likeness (QED) is 0.239. The van der Waals surface area contributed by atoms with Crippen molar-refractivity contribution in [3.63, 3.8) is 0 Å².